The lowest BCUT2D eigenvalue weighted by molar-refractivity contribution is 1.48. The van der Waals surface area contributed by atoms with Gasteiger partial charge in [0.15, 0.2) is 0 Å². The molecule has 3 aromatic carbocycles. The molecule has 0 aromatic heterocycles. The van der Waals surface area contributed by atoms with E-state index in [1.54, 1.807) is 0 Å². The number of benzene rings is 3. The lowest BCUT2D eigenvalue weighted by atomic mass is 10.1. The van der Waals surface area contributed by atoms with Gasteiger partial charge in [-0.25, -0.2) is 0 Å². The van der Waals surface area contributed by atoms with Crippen molar-refractivity contribution in [3.05, 3.63) is 91.0 Å². The lowest BCUT2D eigenvalue weighted by Gasteiger charge is -1.98. The van der Waals surface area contributed by atoms with Gasteiger partial charge in [-0.15, -0.1) is 12.6 Å². The van der Waals surface area contributed by atoms with Crippen LogP contribution in [-0.2, 0) is 0 Å². The van der Waals surface area contributed by atoms with Gasteiger partial charge < -0.3 is 0 Å². The molecule has 19 heavy (non-hydrogen) atoms. The highest BCUT2D eigenvalue weighted by Gasteiger charge is 1.91. The molecule has 3 rings (SSSR count). The molecule has 0 radical (unpaired) electrons. The van der Waals surface area contributed by atoms with E-state index < -0.39 is 0 Å². The van der Waals surface area contributed by atoms with Crippen LogP contribution in [0.1, 0.15) is 0 Å². The maximum atomic E-state index is 4.08. The van der Waals surface area contributed by atoms with Crippen LogP contribution in [0.25, 0.3) is 11.1 Å². The highest BCUT2D eigenvalue weighted by atomic mass is 32.1. The molecule has 0 spiro atoms. The number of hydrogen-bond acceptors (Lipinski definition) is 1. The zero-order valence-electron chi connectivity index (χ0n) is 10.6. The normalized spacial score (nSPS) is 9.32. The molecule has 0 N–H and O–H groups in total. The van der Waals surface area contributed by atoms with E-state index in [0.29, 0.717) is 0 Å². The monoisotopic (exact) mass is 264 g/mol. The quantitative estimate of drug-likeness (QED) is 0.564. The predicted molar refractivity (Wildman–Crippen MR) is 85.6 cm³/mol. The fourth-order valence-electron chi connectivity index (χ4n) is 1.69. The first-order chi connectivity index (χ1) is 9.36. The molecular weight excluding hydrogens is 248 g/mol. The maximum absolute atomic E-state index is 4.08. The van der Waals surface area contributed by atoms with Crippen molar-refractivity contribution in [1.82, 2.24) is 0 Å². The molecule has 0 nitrogen and oxygen atoms in total. The second kappa shape index (κ2) is 7.45. The van der Waals surface area contributed by atoms with Crippen LogP contribution in [0.3, 0.4) is 0 Å². The number of thiol groups is 1. The van der Waals surface area contributed by atoms with E-state index in [9.17, 15) is 0 Å². The Bertz CT molecular complexity index is 536. The molecule has 0 aliphatic heterocycles. The minimum absolute atomic E-state index is 1.02. The molecule has 0 bridgehead atoms. The SMILES string of the molecule is Sc1ccccc1.c1ccc(-c2ccccc2)cc1. The number of hydrogen-bond donors (Lipinski definition) is 1. The van der Waals surface area contributed by atoms with Crippen LogP contribution >= 0.6 is 12.6 Å². The van der Waals surface area contributed by atoms with Gasteiger partial charge in [-0.1, -0.05) is 78.9 Å². The summed E-state index contributed by atoms with van der Waals surface area (Å²) in [5, 5.41) is 0. The Kier molecular flexibility index (Phi) is 5.27. The van der Waals surface area contributed by atoms with Crippen LogP contribution in [0, 0.1) is 0 Å². The first-order valence-corrected chi connectivity index (χ1v) is 6.65. The molecule has 0 aliphatic rings. The Morgan fingerprint density at radius 2 is 0.737 bits per heavy atom. The van der Waals surface area contributed by atoms with E-state index in [1.807, 2.05) is 42.5 Å². The smallest absolute Gasteiger partial charge is 0.00399 e. The lowest BCUT2D eigenvalue weighted by Crippen LogP contribution is -1.73. The predicted octanol–water partition coefficient (Wildman–Crippen LogP) is 5.33. The topological polar surface area (TPSA) is 0 Å². The minimum Gasteiger partial charge on any atom is -0.143 e. The van der Waals surface area contributed by atoms with Gasteiger partial charge in [0.25, 0.3) is 0 Å². The Labute approximate surface area is 120 Å². The van der Waals surface area contributed by atoms with Gasteiger partial charge in [-0.05, 0) is 23.3 Å². The van der Waals surface area contributed by atoms with Crippen LogP contribution in [0.5, 0.6) is 0 Å². The summed E-state index contributed by atoms with van der Waals surface area (Å²) < 4.78 is 0. The molecular formula is C18H16S. The first kappa shape index (κ1) is 13.4. The average Bonchev–Trinajstić information content (AvgIpc) is 2.51. The van der Waals surface area contributed by atoms with Crippen molar-refractivity contribution in [3.63, 3.8) is 0 Å². The van der Waals surface area contributed by atoms with Crippen molar-refractivity contribution in [2.75, 3.05) is 0 Å². The Balaban J connectivity index is 0.000000163. The third kappa shape index (κ3) is 4.65. The number of rotatable bonds is 1. The van der Waals surface area contributed by atoms with Gasteiger partial charge >= 0.3 is 0 Å². The second-order valence-electron chi connectivity index (χ2n) is 4.07. The maximum Gasteiger partial charge on any atom is 0.00399 e. The largest absolute Gasteiger partial charge is 0.143 e. The molecule has 94 valence electrons. The molecule has 0 atom stereocenters. The van der Waals surface area contributed by atoms with Gasteiger partial charge in [-0.2, -0.15) is 0 Å². The zero-order chi connectivity index (χ0) is 13.3. The van der Waals surface area contributed by atoms with Crippen LogP contribution in [0.2, 0.25) is 0 Å². The summed E-state index contributed by atoms with van der Waals surface area (Å²) in [4.78, 5) is 1.02. The van der Waals surface area contributed by atoms with E-state index in [-0.39, 0.29) is 0 Å². The highest BCUT2D eigenvalue weighted by Crippen LogP contribution is 2.17. The molecule has 0 heterocycles. The molecule has 3 aromatic rings. The third-order valence-corrected chi connectivity index (χ3v) is 2.94. The molecule has 0 aliphatic carbocycles. The van der Waals surface area contributed by atoms with Crippen molar-refractivity contribution in [1.29, 1.82) is 0 Å². The van der Waals surface area contributed by atoms with Gasteiger partial charge in [0.1, 0.15) is 0 Å². The van der Waals surface area contributed by atoms with Gasteiger partial charge in [0, 0.05) is 4.90 Å². The molecule has 0 fully saturated rings. The van der Waals surface area contributed by atoms with Crippen LogP contribution in [-0.4, -0.2) is 0 Å². The van der Waals surface area contributed by atoms with E-state index in [1.165, 1.54) is 11.1 Å². The fraction of sp³-hybridized carbons (Fsp3) is 0. The average molecular weight is 264 g/mol. The summed E-state index contributed by atoms with van der Waals surface area (Å²) in [6, 6.07) is 30.6. The molecule has 0 saturated carbocycles. The fourth-order valence-corrected chi connectivity index (χ4v) is 1.86. The summed E-state index contributed by atoms with van der Waals surface area (Å²) in [6.45, 7) is 0. The third-order valence-electron chi connectivity index (χ3n) is 2.64. The van der Waals surface area contributed by atoms with Gasteiger partial charge in [-0.3, -0.25) is 0 Å². The molecule has 0 amide bonds. The summed E-state index contributed by atoms with van der Waals surface area (Å²) >= 11 is 4.08. The van der Waals surface area contributed by atoms with Gasteiger partial charge in [0.05, 0.1) is 0 Å². The van der Waals surface area contributed by atoms with E-state index >= 15 is 0 Å². The highest BCUT2D eigenvalue weighted by molar-refractivity contribution is 7.80. The minimum atomic E-state index is 1.02. The summed E-state index contributed by atoms with van der Waals surface area (Å²) in [6.07, 6.45) is 0. The van der Waals surface area contributed by atoms with Crippen molar-refractivity contribution in [3.8, 4) is 11.1 Å². The van der Waals surface area contributed by atoms with Crippen molar-refractivity contribution in [2.45, 2.75) is 4.90 Å². The second-order valence-corrected chi connectivity index (χ2v) is 4.58. The van der Waals surface area contributed by atoms with Crippen molar-refractivity contribution < 1.29 is 0 Å². The van der Waals surface area contributed by atoms with Crippen molar-refractivity contribution in [2.24, 2.45) is 0 Å². The standard InChI is InChI=1S/C12H10.C6H6S/c1-3-7-11(8-4-1)12-9-5-2-6-10-12;7-6-4-2-1-3-5-6/h1-10H;1-5,7H. The van der Waals surface area contributed by atoms with Crippen LogP contribution in [0.4, 0.5) is 0 Å². The zero-order valence-corrected chi connectivity index (χ0v) is 11.5. The van der Waals surface area contributed by atoms with Crippen LogP contribution < -0.4 is 0 Å². The van der Waals surface area contributed by atoms with E-state index in [4.69, 9.17) is 0 Å². The Hall–Kier alpha value is -1.99. The van der Waals surface area contributed by atoms with Crippen LogP contribution in [0.15, 0.2) is 95.9 Å². The summed E-state index contributed by atoms with van der Waals surface area (Å²) in [5.74, 6) is 0. The Morgan fingerprint density at radius 1 is 0.421 bits per heavy atom. The van der Waals surface area contributed by atoms with E-state index in [2.05, 4.69) is 61.2 Å². The van der Waals surface area contributed by atoms with Gasteiger partial charge in [0.2, 0.25) is 0 Å². The van der Waals surface area contributed by atoms with E-state index in [0.717, 1.165) is 4.90 Å². The summed E-state index contributed by atoms with van der Waals surface area (Å²) in [7, 11) is 0. The first-order valence-electron chi connectivity index (χ1n) is 6.21. The molecule has 1 heteroatoms. The molecule has 0 saturated heterocycles. The summed E-state index contributed by atoms with van der Waals surface area (Å²) in [5.41, 5.74) is 2.55. The Morgan fingerprint density at radius 3 is 1.00 bits per heavy atom. The molecule has 0 unspecified atom stereocenters. The van der Waals surface area contributed by atoms with Crippen molar-refractivity contribution >= 4 is 12.6 Å².